The van der Waals surface area contributed by atoms with Crippen LogP contribution in [0.2, 0.25) is 0 Å². The van der Waals surface area contributed by atoms with Gasteiger partial charge in [0.15, 0.2) is 0 Å². The summed E-state index contributed by atoms with van der Waals surface area (Å²) >= 11 is 0. The van der Waals surface area contributed by atoms with Crippen LogP contribution in [0.1, 0.15) is 49.3 Å². The molecule has 7 heteroatoms. The van der Waals surface area contributed by atoms with Gasteiger partial charge in [-0.2, -0.15) is 5.26 Å². The van der Waals surface area contributed by atoms with Gasteiger partial charge in [0.1, 0.15) is 5.82 Å². The first-order valence-corrected chi connectivity index (χ1v) is 8.49. The van der Waals surface area contributed by atoms with Crippen molar-refractivity contribution in [3.63, 3.8) is 0 Å². The highest BCUT2D eigenvalue weighted by molar-refractivity contribution is 5.85. The Morgan fingerprint density at radius 3 is 2.64 bits per heavy atom. The van der Waals surface area contributed by atoms with Crippen LogP contribution in [0.5, 0.6) is 0 Å². The fourth-order valence-corrected chi connectivity index (χ4v) is 3.68. The third-order valence-electron chi connectivity index (χ3n) is 5.09. The number of nitrogens with zero attached hydrogens (tertiary/aromatic N) is 2. The van der Waals surface area contributed by atoms with Crippen LogP contribution in [0, 0.1) is 29.0 Å². The molecule has 2 fully saturated rings. The number of carbonyl (C=O) groups excluding carboxylic acids is 1. The van der Waals surface area contributed by atoms with Gasteiger partial charge in [-0.1, -0.05) is 0 Å². The van der Waals surface area contributed by atoms with Crippen molar-refractivity contribution >= 4 is 18.3 Å². The van der Waals surface area contributed by atoms with Gasteiger partial charge >= 0.3 is 0 Å². The number of hydroxylamine groups is 2. The van der Waals surface area contributed by atoms with Crippen molar-refractivity contribution in [2.75, 3.05) is 13.2 Å². The molecule has 1 atom stereocenters. The van der Waals surface area contributed by atoms with Gasteiger partial charge in [0.2, 0.25) is 5.91 Å². The zero-order chi connectivity index (χ0) is 17.1. The van der Waals surface area contributed by atoms with E-state index in [1.807, 2.05) is 6.07 Å². The zero-order valence-electron chi connectivity index (χ0n) is 14.0. The lowest BCUT2D eigenvalue weighted by atomic mass is 9.81. The average molecular weight is 368 g/mol. The van der Waals surface area contributed by atoms with Gasteiger partial charge in [0, 0.05) is 12.3 Å². The predicted octanol–water partition coefficient (Wildman–Crippen LogP) is 3.09. The summed E-state index contributed by atoms with van der Waals surface area (Å²) in [5.74, 6) is -0.0503. The molecule has 1 aromatic rings. The van der Waals surface area contributed by atoms with E-state index in [9.17, 15) is 9.18 Å². The van der Waals surface area contributed by atoms with Crippen molar-refractivity contribution < 1.29 is 14.0 Å². The second-order valence-corrected chi connectivity index (χ2v) is 6.64. The Balaban J connectivity index is 0.00000225. The van der Waals surface area contributed by atoms with Crippen molar-refractivity contribution in [3.05, 3.63) is 35.1 Å². The number of carbonyl (C=O) groups is 1. The van der Waals surface area contributed by atoms with E-state index < -0.39 is 5.82 Å². The van der Waals surface area contributed by atoms with Crippen molar-refractivity contribution in [1.29, 1.82) is 5.26 Å². The normalized spacial score (nSPS) is 26.0. The standard InChI is InChI=1S/C18H22FN3O2.ClH/c19-16-8-13(11-21)7-15(9-16)17-5-6-24-22(17)18(23)14-3-1-12(10-20)2-4-14;/h7-9,12,14,17H,1-6,10,20H2;1H/t12-,14-,17-;/m0./s1. The summed E-state index contributed by atoms with van der Waals surface area (Å²) < 4.78 is 13.7. The summed E-state index contributed by atoms with van der Waals surface area (Å²) in [4.78, 5) is 18.4. The second-order valence-electron chi connectivity index (χ2n) is 6.64. The van der Waals surface area contributed by atoms with Gasteiger partial charge in [-0.05, 0) is 61.9 Å². The maximum absolute atomic E-state index is 13.7. The summed E-state index contributed by atoms with van der Waals surface area (Å²) in [5, 5.41) is 10.4. The van der Waals surface area contributed by atoms with Crippen LogP contribution in [0.3, 0.4) is 0 Å². The van der Waals surface area contributed by atoms with E-state index in [4.69, 9.17) is 15.8 Å². The molecule has 3 rings (SSSR count). The van der Waals surface area contributed by atoms with Crippen molar-refractivity contribution in [2.45, 2.75) is 38.1 Å². The van der Waals surface area contributed by atoms with Crippen molar-refractivity contribution in [2.24, 2.45) is 17.6 Å². The van der Waals surface area contributed by atoms with Crippen LogP contribution in [0.25, 0.3) is 0 Å². The first-order valence-electron chi connectivity index (χ1n) is 8.49. The number of nitriles is 1. The summed E-state index contributed by atoms with van der Waals surface area (Å²) in [6, 6.07) is 5.84. The molecule has 2 N–H and O–H groups in total. The maximum Gasteiger partial charge on any atom is 0.249 e. The molecule has 0 radical (unpaired) electrons. The minimum absolute atomic E-state index is 0. The minimum Gasteiger partial charge on any atom is -0.330 e. The smallest absolute Gasteiger partial charge is 0.249 e. The molecule has 1 amide bonds. The summed E-state index contributed by atoms with van der Waals surface area (Å²) in [5.41, 5.74) is 6.58. The van der Waals surface area contributed by atoms with E-state index in [-0.39, 0.29) is 35.8 Å². The van der Waals surface area contributed by atoms with E-state index >= 15 is 0 Å². The molecular weight excluding hydrogens is 345 g/mol. The van der Waals surface area contributed by atoms with Crippen LogP contribution in [-0.4, -0.2) is 24.1 Å². The number of nitrogens with two attached hydrogens (primary N) is 1. The molecule has 0 unspecified atom stereocenters. The van der Waals surface area contributed by atoms with E-state index in [1.165, 1.54) is 17.2 Å². The Hall–Kier alpha value is -1.68. The first-order chi connectivity index (χ1) is 11.6. The Bertz CT molecular complexity index is 656. The fraction of sp³-hybridized carbons (Fsp3) is 0.556. The van der Waals surface area contributed by atoms with Crippen molar-refractivity contribution in [3.8, 4) is 6.07 Å². The van der Waals surface area contributed by atoms with Gasteiger partial charge in [-0.15, -0.1) is 12.4 Å². The number of rotatable bonds is 3. The molecule has 1 aliphatic carbocycles. The Morgan fingerprint density at radius 1 is 1.28 bits per heavy atom. The molecular formula is C18H23ClFN3O2. The number of halogens is 2. The quantitative estimate of drug-likeness (QED) is 0.890. The second kappa shape index (κ2) is 8.61. The molecule has 1 heterocycles. The molecule has 5 nitrogen and oxygen atoms in total. The molecule has 0 spiro atoms. The molecule has 1 saturated heterocycles. The molecule has 25 heavy (non-hydrogen) atoms. The highest BCUT2D eigenvalue weighted by atomic mass is 35.5. The van der Waals surface area contributed by atoms with Crippen LogP contribution in [-0.2, 0) is 9.63 Å². The fourth-order valence-electron chi connectivity index (χ4n) is 3.68. The first kappa shape index (κ1) is 19.6. The third kappa shape index (κ3) is 4.30. The molecule has 0 aromatic heterocycles. The van der Waals surface area contributed by atoms with Gasteiger partial charge in [-0.25, -0.2) is 9.45 Å². The highest BCUT2D eigenvalue weighted by Crippen LogP contribution is 2.36. The Labute approximate surface area is 153 Å². The summed E-state index contributed by atoms with van der Waals surface area (Å²) in [7, 11) is 0. The number of amides is 1. The monoisotopic (exact) mass is 367 g/mol. The van der Waals surface area contributed by atoms with Gasteiger partial charge in [-0.3, -0.25) is 9.63 Å². The molecule has 2 aliphatic rings. The minimum atomic E-state index is -0.466. The summed E-state index contributed by atoms with van der Waals surface area (Å²) in [6.45, 7) is 1.09. The van der Waals surface area contributed by atoms with E-state index in [1.54, 1.807) is 6.07 Å². The number of benzene rings is 1. The third-order valence-corrected chi connectivity index (χ3v) is 5.09. The van der Waals surface area contributed by atoms with Crippen LogP contribution < -0.4 is 5.73 Å². The molecule has 0 bridgehead atoms. The summed E-state index contributed by atoms with van der Waals surface area (Å²) in [6.07, 6.45) is 4.17. The Morgan fingerprint density at radius 2 is 2.00 bits per heavy atom. The van der Waals surface area contributed by atoms with E-state index in [2.05, 4.69) is 0 Å². The topological polar surface area (TPSA) is 79.3 Å². The number of hydrogen-bond acceptors (Lipinski definition) is 4. The predicted molar refractivity (Wildman–Crippen MR) is 93.0 cm³/mol. The lowest BCUT2D eigenvalue weighted by molar-refractivity contribution is -0.183. The number of hydrogen-bond donors (Lipinski definition) is 1. The maximum atomic E-state index is 13.7. The molecule has 1 aromatic carbocycles. The SMILES string of the molecule is Cl.N#Cc1cc(F)cc([C@@H]2CCON2C(=O)[C@H]2CC[C@H](CN)CC2)c1. The molecule has 136 valence electrons. The zero-order valence-corrected chi connectivity index (χ0v) is 14.8. The van der Waals surface area contributed by atoms with Gasteiger partial charge in [0.25, 0.3) is 0 Å². The largest absolute Gasteiger partial charge is 0.330 e. The van der Waals surface area contributed by atoms with Gasteiger partial charge in [0.05, 0.1) is 24.3 Å². The lowest BCUT2D eigenvalue weighted by Crippen LogP contribution is -2.37. The van der Waals surface area contributed by atoms with E-state index in [0.29, 0.717) is 31.1 Å². The van der Waals surface area contributed by atoms with E-state index in [0.717, 1.165) is 25.7 Å². The molecule has 1 aliphatic heterocycles. The Kier molecular flexibility index (Phi) is 6.77. The van der Waals surface area contributed by atoms with Crippen LogP contribution >= 0.6 is 12.4 Å². The lowest BCUT2D eigenvalue weighted by Gasteiger charge is -2.31. The van der Waals surface area contributed by atoms with Crippen LogP contribution in [0.15, 0.2) is 18.2 Å². The van der Waals surface area contributed by atoms with Crippen molar-refractivity contribution in [1.82, 2.24) is 5.06 Å². The highest BCUT2D eigenvalue weighted by Gasteiger charge is 2.37. The van der Waals surface area contributed by atoms with Crippen LogP contribution in [0.4, 0.5) is 4.39 Å². The van der Waals surface area contributed by atoms with Gasteiger partial charge < -0.3 is 5.73 Å². The molecule has 1 saturated carbocycles. The average Bonchev–Trinajstić information content (AvgIpc) is 3.10.